The molecule has 0 atom stereocenters. The molecule has 1 fully saturated rings. The van der Waals surface area contributed by atoms with Crippen LogP contribution in [0, 0.1) is 6.92 Å². The molecule has 0 bridgehead atoms. The number of aryl methyl sites for hydroxylation is 1. The fourth-order valence-electron chi connectivity index (χ4n) is 2.15. The largest absolute Gasteiger partial charge is 0.492 e. The first-order valence-electron chi connectivity index (χ1n) is 7.33. The van der Waals surface area contributed by atoms with E-state index in [-0.39, 0.29) is 5.54 Å². The van der Waals surface area contributed by atoms with Crippen molar-refractivity contribution in [1.82, 2.24) is 0 Å². The summed E-state index contributed by atoms with van der Waals surface area (Å²) < 4.78 is 11.7. The summed E-state index contributed by atoms with van der Waals surface area (Å²) in [6.45, 7) is 3.18. The zero-order valence-corrected chi connectivity index (χ0v) is 12.3. The minimum absolute atomic E-state index is 0.102. The molecule has 1 aliphatic carbocycles. The third kappa shape index (κ3) is 3.99. The lowest BCUT2D eigenvalue weighted by Gasteiger charge is -2.13. The van der Waals surface area contributed by atoms with Crippen molar-refractivity contribution in [3.8, 4) is 11.5 Å². The molecule has 3 heteroatoms. The highest BCUT2D eigenvalue weighted by atomic mass is 16.5. The third-order valence-corrected chi connectivity index (χ3v) is 3.69. The summed E-state index contributed by atoms with van der Waals surface area (Å²) in [4.78, 5) is 0. The monoisotopic (exact) mass is 283 g/mol. The summed E-state index contributed by atoms with van der Waals surface area (Å²) in [5, 5.41) is 0. The Morgan fingerprint density at radius 1 is 1.00 bits per heavy atom. The molecule has 1 aliphatic rings. The SMILES string of the molecule is Cc1cc(OCc2ccccc2)cc(OCC2(N)CC2)c1. The molecular formula is C18H21NO2. The quantitative estimate of drug-likeness (QED) is 0.883. The van der Waals surface area contributed by atoms with Crippen LogP contribution in [-0.4, -0.2) is 12.1 Å². The van der Waals surface area contributed by atoms with E-state index < -0.39 is 0 Å². The van der Waals surface area contributed by atoms with Gasteiger partial charge in [0.15, 0.2) is 0 Å². The van der Waals surface area contributed by atoms with Gasteiger partial charge in [-0.1, -0.05) is 30.3 Å². The van der Waals surface area contributed by atoms with Crippen molar-refractivity contribution in [1.29, 1.82) is 0 Å². The predicted molar refractivity (Wildman–Crippen MR) is 83.6 cm³/mol. The molecule has 0 heterocycles. The van der Waals surface area contributed by atoms with E-state index in [1.165, 1.54) is 0 Å². The number of rotatable bonds is 6. The molecule has 0 aliphatic heterocycles. The predicted octanol–water partition coefficient (Wildman–Crippen LogP) is 3.44. The van der Waals surface area contributed by atoms with Crippen LogP contribution in [0.1, 0.15) is 24.0 Å². The molecule has 0 spiro atoms. The van der Waals surface area contributed by atoms with Gasteiger partial charge in [0, 0.05) is 6.07 Å². The second-order valence-electron chi connectivity index (χ2n) is 5.91. The number of hydrogen-bond donors (Lipinski definition) is 1. The van der Waals surface area contributed by atoms with Crippen molar-refractivity contribution in [2.45, 2.75) is 31.9 Å². The van der Waals surface area contributed by atoms with E-state index in [1.54, 1.807) is 0 Å². The Hall–Kier alpha value is -2.00. The van der Waals surface area contributed by atoms with Gasteiger partial charge >= 0.3 is 0 Å². The minimum Gasteiger partial charge on any atom is -0.492 e. The first-order valence-corrected chi connectivity index (χ1v) is 7.33. The van der Waals surface area contributed by atoms with Crippen LogP contribution < -0.4 is 15.2 Å². The zero-order chi connectivity index (χ0) is 14.7. The molecule has 110 valence electrons. The molecule has 21 heavy (non-hydrogen) atoms. The molecular weight excluding hydrogens is 262 g/mol. The van der Waals surface area contributed by atoms with Crippen molar-refractivity contribution in [2.75, 3.05) is 6.61 Å². The summed E-state index contributed by atoms with van der Waals surface area (Å²) in [5.74, 6) is 1.66. The highest BCUT2D eigenvalue weighted by molar-refractivity contribution is 5.38. The van der Waals surface area contributed by atoms with Crippen molar-refractivity contribution in [2.24, 2.45) is 5.73 Å². The second-order valence-corrected chi connectivity index (χ2v) is 5.91. The van der Waals surface area contributed by atoms with E-state index in [1.807, 2.05) is 43.3 Å². The summed E-state index contributed by atoms with van der Waals surface area (Å²) in [6.07, 6.45) is 2.10. The van der Waals surface area contributed by atoms with Gasteiger partial charge in [-0.25, -0.2) is 0 Å². The maximum absolute atomic E-state index is 6.05. The Morgan fingerprint density at radius 2 is 1.67 bits per heavy atom. The molecule has 2 aromatic carbocycles. The summed E-state index contributed by atoms with van der Waals surface area (Å²) in [7, 11) is 0. The van der Waals surface area contributed by atoms with Gasteiger partial charge in [-0.05, 0) is 43.0 Å². The highest BCUT2D eigenvalue weighted by Gasteiger charge is 2.39. The van der Waals surface area contributed by atoms with Crippen molar-refractivity contribution in [3.05, 3.63) is 59.7 Å². The fourth-order valence-corrected chi connectivity index (χ4v) is 2.15. The number of benzene rings is 2. The van der Waals surface area contributed by atoms with Gasteiger partial charge in [0.1, 0.15) is 24.7 Å². The van der Waals surface area contributed by atoms with Gasteiger partial charge < -0.3 is 15.2 Å². The van der Waals surface area contributed by atoms with Gasteiger partial charge in [0.2, 0.25) is 0 Å². The van der Waals surface area contributed by atoms with Gasteiger partial charge in [0.05, 0.1) is 5.54 Å². The van der Waals surface area contributed by atoms with E-state index in [9.17, 15) is 0 Å². The van der Waals surface area contributed by atoms with Crippen LogP contribution >= 0.6 is 0 Å². The minimum atomic E-state index is -0.102. The maximum atomic E-state index is 6.05. The average Bonchev–Trinajstić information content (AvgIpc) is 3.22. The van der Waals surface area contributed by atoms with E-state index in [0.717, 1.165) is 35.5 Å². The molecule has 3 nitrogen and oxygen atoms in total. The van der Waals surface area contributed by atoms with Gasteiger partial charge in [-0.2, -0.15) is 0 Å². The number of nitrogens with two attached hydrogens (primary N) is 1. The van der Waals surface area contributed by atoms with Crippen LogP contribution in [0.25, 0.3) is 0 Å². The van der Waals surface area contributed by atoms with E-state index >= 15 is 0 Å². The molecule has 2 N–H and O–H groups in total. The van der Waals surface area contributed by atoms with E-state index in [2.05, 4.69) is 12.1 Å². The van der Waals surface area contributed by atoms with Crippen LogP contribution in [0.2, 0.25) is 0 Å². The molecule has 2 aromatic rings. The Labute approximate surface area is 125 Å². The first kappa shape index (κ1) is 14.0. The number of ether oxygens (including phenoxy) is 2. The molecule has 0 aromatic heterocycles. The summed E-state index contributed by atoms with van der Waals surface area (Å²) >= 11 is 0. The molecule has 0 saturated heterocycles. The Kier molecular flexibility index (Phi) is 3.84. The van der Waals surface area contributed by atoms with Crippen LogP contribution in [0.5, 0.6) is 11.5 Å². The Bertz CT molecular complexity index is 606. The van der Waals surface area contributed by atoms with Crippen molar-refractivity contribution >= 4 is 0 Å². The fraction of sp³-hybridized carbons (Fsp3) is 0.333. The van der Waals surface area contributed by atoms with Crippen LogP contribution in [0.3, 0.4) is 0 Å². The number of hydrogen-bond acceptors (Lipinski definition) is 3. The van der Waals surface area contributed by atoms with Gasteiger partial charge in [-0.3, -0.25) is 0 Å². The van der Waals surface area contributed by atoms with Crippen LogP contribution in [0.4, 0.5) is 0 Å². The molecule has 1 saturated carbocycles. The first-order chi connectivity index (χ1) is 10.1. The maximum Gasteiger partial charge on any atom is 0.123 e. The van der Waals surface area contributed by atoms with Crippen LogP contribution in [-0.2, 0) is 6.61 Å². The Morgan fingerprint density at radius 3 is 2.33 bits per heavy atom. The average molecular weight is 283 g/mol. The standard InChI is InChI=1S/C18H21NO2/c1-14-9-16(20-12-15-5-3-2-4-6-15)11-17(10-14)21-13-18(19)7-8-18/h2-6,9-11H,7-8,12-13,19H2,1H3. The topological polar surface area (TPSA) is 44.5 Å². The highest BCUT2D eigenvalue weighted by Crippen LogP contribution is 2.33. The summed E-state index contributed by atoms with van der Waals surface area (Å²) in [5.41, 5.74) is 8.22. The summed E-state index contributed by atoms with van der Waals surface area (Å²) in [6, 6.07) is 16.1. The lowest BCUT2D eigenvalue weighted by molar-refractivity contribution is 0.272. The van der Waals surface area contributed by atoms with Gasteiger partial charge in [-0.15, -0.1) is 0 Å². The lowest BCUT2D eigenvalue weighted by Crippen LogP contribution is -2.29. The normalized spacial score (nSPS) is 15.5. The Balaban J connectivity index is 1.63. The molecule has 0 radical (unpaired) electrons. The van der Waals surface area contributed by atoms with Crippen LogP contribution in [0.15, 0.2) is 48.5 Å². The molecule has 0 unspecified atom stereocenters. The van der Waals surface area contributed by atoms with E-state index in [0.29, 0.717) is 13.2 Å². The van der Waals surface area contributed by atoms with Gasteiger partial charge in [0.25, 0.3) is 0 Å². The lowest BCUT2D eigenvalue weighted by atomic mass is 10.2. The van der Waals surface area contributed by atoms with Crippen molar-refractivity contribution < 1.29 is 9.47 Å². The molecule has 3 rings (SSSR count). The third-order valence-electron chi connectivity index (χ3n) is 3.69. The zero-order valence-electron chi connectivity index (χ0n) is 12.3. The van der Waals surface area contributed by atoms with E-state index in [4.69, 9.17) is 15.2 Å². The van der Waals surface area contributed by atoms with Crippen molar-refractivity contribution in [3.63, 3.8) is 0 Å². The smallest absolute Gasteiger partial charge is 0.123 e. The molecule has 0 amide bonds. The second kappa shape index (κ2) is 5.78.